The van der Waals surface area contributed by atoms with Gasteiger partial charge in [0.1, 0.15) is 5.75 Å². The number of benzene rings is 2. The minimum atomic E-state index is 0. The monoisotopic (exact) mass is 511 g/mol. The summed E-state index contributed by atoms with van der Waals surface area (Å²) in [6.07, 6.45) is 2.96. The van der Waals surface area contributed by atoms with Crippen molar-refractivity contribution in [1.82, 2.24) is 10.6 Å². The van der Waals surface area contributed by atoms with Crippen LogP contribution in [-0.2, 0) is 17.8 Å². The molecule has 0 spiro atoms. The molecule has 5 nitrogen and oxygen atoms in total. The van der Waals surface area contributed by atoms with E-state index in [0.29, 0.717) is 6.61 Å². The summed E-state index contributed by atoms with van der Waals surface area (Å²) in [5.41, 5.74) is 3.67. The molecule has 0 unspecified atom stereocenters. The van der Waals surface area contributed by atoms with Crippen LogP contribution in [0.25, 0.3) is 0 Å². The van der Waals surface area contributed by atoms with E-state index in [-0.39, 0.29) is 24.0 Å². The van der Waals surface area contributed by atoms with Crippen molar-refractivity contribution >= 4 is 29.9 Å². The summed E-state index contributed by atoms with van der Waals surface area (Å²) in [6, 6.07) is 16.5. The molecule has 160 valence electrons. The third-order valence-corrected chi connectivity index (χ3v) is 4.47. The Bertz CT molecular complexity index is 723. The van der Waals surface area contributed by atoms with E-state index in [2.05, 4.69) is 46.8 Å². The van der Waals surface area contributed by atoms with Gasteiger partial charge in [-0.15, -0.1) is 24.0 Å². The van der Waals surface area contributed by atoms with Crippen LogP contribution in [0.15, 0.2) is 53.5 Å². The molecule has 29 heavy (non-hydrogen) atoms. The minimum Gasteiger partial charge on any atom is -0.496 e. The molecule has 0 radical (unpaired) electrons. The topological polar surface area (TPSA) is 54.9 Å². The highest BCUT2D eigenvalue weighted by atomic mass is 127. The van der Waals surface area contributed by atoms with Crippen LogP contribution in [0.5, 0.6) is 5.75 Å². The van der Waals surface area contributed by atoms with Gasteiger partial charge in [0.2, 0.25) is 0 Å². The quantitative estimate of drug-likeness (QED) is 0.204. The number of methoxy groups -OCH3 is 1. The Kier molecular flexibility index (Phi) is 13.1. The van der Waals surface area contributed by atoms with Gasteiger partial charge in [-0.25, -0.2) is 0 Å². The fourth-order valence-electron chi connectivity index (χ4n) is 2.94. The number of hydrogen-bond acceptors (Lipinski definition) is 3. The van der Waals surface area contributed by atoms with Crippen LogP contribution < -0.4 is 15.4 Å². The Morgan fingerprint density at radius 2 is 1.76 bits per heavy atom. The number of rotatable bonds is 11. The first kappa shape index (κ1) is 25.2. The second-order valence-corrected chi connectivity index (χ2v) is 6.74. The third-order valence-electron chi connectivity index (χ3n) is 4.47. The molecule has 0 aliphatic rings. The largest absolute Gasteiger partial charge is 0.496 e. The van der Waals surface area contributed by atoms with Gasteiger partial charge in [0.15, 0.2) is 5.96 Å². The summed E-state index contributed by atoms with van der Waals surface area (Å²) < 4.78 is 11.2. The van der Waals surface area contributed by atoms with Gasteiger partial charge >= 0.3 is 0 Å². The first-order chi connectivity index (χ1) is 13.7. The predicted octanol–water partition coefficient (Wildman–Crippen LogP) is 4.33. The molecule has 0 atom stereocenters. The first-order valence-electron chi connectivity index (χ1n) is 9.92. The summed E-state index contributed by atoms with van der Waals surface area (Å²) >= 11 is 0. The average Bonchev–Trinajstić information content (AvgIpc) is 2.72. The fourth-order valence-corrected chi connectivity index (χ4v) is 2.94. The van der Waals surface area contributed by atoms with Crippen LogP contribution in [0.3, 0.4) is 0 Å². The zero-order chi connectivity index (χ0) is 20.0. The number of nitrogens with zero attached hydrogens (tertiary/aromatic N) is 1. The Morgan fingerprint density at radius 1 is 1.00 bits per heavy atom. The lowest BCUT2D eigenvalue weighted by Gasteiger charge is -2.13. The van der Waals surface area contributed by atoms with Gasteiger partial charge in [0.25, 0.3) is 0 Å². The van der Waals surface area contributed by atoms with E-state index in [1.54, 1.807) is 14.2 Å². The second kappa shape index (κ2) is 15.1. The molecule has 0 aromatic heterocycles. The lowest BCUT2D eigenvalue weighted by atomic mass is 10.1. The van der Waals surface area contributed by atoms with Crippen molar-refractivity contribution in [3.8, 4) is 5.75 Å². The van der Waals surface area contributed by atoms with Crippen LogP contribution in [0, 0.1) is 6.92 Å². The van der Waals surface area contributed by atoms with Gasteiger partial charge in [0, 0.05) is 26.7 Å². The molecule has 0 amide bonds. The van der Waals surface area contributed by atoms with Crippen molar-refractivity contribution in [2.24, 2.45) is 4.99 Å². The maximum atomic E-state index is 5.71. The summed E-state index contributed by atoms with van der Waals surface area (Å²) in [5.74, 6) is 1.77. The molecule has 2 aromatic rings. The predicted molar refractivity (Wildman–Crippen MR) is 132 cm³/mol. The Labute approximate surface area is 192 Å². The number of ether oxygens (including phenoxy) is 2. The number of aryl methyl sites for hydroxylation is 1. The summed E-state index contributed by atoms with van der Waals surface area (Å²) in [7, 11) is 3.51. The molecule has 0 aliphatic carbocycles. The number of hydrogen-bond donors (Lipinski definition) is 2. The van der Waals surface area contributed by atoms with Gasteiger partial charge < -0.3 is 20.1 Å². The minimum absolute atomic E-state index is 0. The first-order valence-corrected chi connectivity index (χ1v) is 9.92. The molecule has 2 N–H and O–H groups in total. The lowest BCUT2D eigenvalue weighted by Crippen LogP contribution is -2.38. The van der Waals surface area contributed by atoms with Crippen LogP contribution in [0.4, 0.5) is 0 Å². The summed E-state index contributed by atoms with van der Waals surface area (Å²) in [5, 5.41) is 6.72. The SMILES string of the molecule is CN=C(NCCCCOCc1ccccc1)NCCc1cc(C)ccc1OC.I. The molecule has 0 bridgehead atoms. The number of halogens is 1. The molecule has 2 rings (SSSR count). The molecule has 2 aromatic carbocycles. The van der Waals surface area contributed by atoms with Gasteiger partial charge in [-0.05, 0) is 43.4 Å². The molecule has 6 heteroatoms. The molecule has 0 saturated carbocycles. The molecule has 0 heterocycles. The highest BCUT2D eigenvalue weighted by Gasteiger charge is 2.04. The van der Waals surface area contributed by atoms with Crippen molar-refractivity contribution in [3.63, 3.8) is 0 Å². The van der Waals surface area contributed by atoms with E-state index in [1.807, 2.05) is 24.3 Å². The second-order valence-electron chi connectivity index (χ2n) is 6.74. The van der Waals surface area contributed by atoms with Gasteiger partial charge in [-0.3, -0.25) is 4.99 Å². The van der Waals surface area contributed by atoms with E-state index in [0.717, 1.165) is 50.7 Å². The van der Waals surface area contributed by atoms with Crippen LogP contribution in [-0.4, -0.2) is 39.8 Å². The number of aliphatic imine (C=N–C) groups is 1. The fraction of sp³-hybridized carbons (Fsp3) is 0.435. The Hall–Kier alpha value is -1.80. The number of unbranched alkanes of at least 4 members (excludes halogenated alkanes) is 1. The lowest BCUT2D eigenvalue weighted by molar-refractivity contribution is 0.117. The van der Waals surface area contributed by atoms with Crippen molar-refractivity contribution in [2.75, 3.05) is 33.9 Å². The molecule has 0 fully saturated rings. The zero-order valence-electron chi connectivity index (χ0n) is 17.7. The molecule has 0 saturated heterocycles. The van der Waals surface area contributed by atoms with Gasteiger partial charge in [0.05, 0.1) is 13.7 Å². The normalized spacial score (nSPS) is 10.9. The summed E-state index contributed by atoms with van der Waals surface area (Å²) in [4.78, 5) is 4.28. The average molecular weight is 511 g/mol. The van der Waals surface area contributed by atoms with Crippen molar-refractivity contribution < 1.29 is 9.47 Å². The van der Waals surface area contributed by atoms with Crippen molar-refractivity contribution in [1.29, 1.82) is 0 Å². The number of nitrogens with one attached hydrogen (secondary N) is 2. The molecular weight excluding hydrogens is 477 g/mol. The molecular formula is C23H34IN3O2. The van der Waals surface area contributed by atoms with Crippen molar-refractivity contribution in [3.05, 3.63) is 65.2 Å². The molecule has 0 aliphatic heterocycles. The van der Waals surface area contributed by atoms with E-state index in [9.17, 15) is 0 Å². The van der Waals surface area contributed by atoms with Crippen LogP contribution in [0.2, 0.25) is 0 Å². The zero-order valence-corrected chi connectivity index (χ0v) is 20.1. The van der Waals surface area contributed by atoms with E-state index in [4.69, 9.17) is 9.47 Å². The number of guanidine groups is 1. The smallest absolute Gasteiger partial charge is 0.190 e. The standard InChI is InChI=1S/C23H33N3O2.HI/c1-19-11-12-22(27-3)21(17-19)13-15-26-23(24-2)25-14-7-8-16-28-18-20-9-5-4-6-10-20;/h4-6,9-12,17H,7-8,13-16,18H2,1-3H3,(H2,24,25,26);1H. The maximum Gasteiger partial charge on any atom is 0.190 e. The van der Waals surface area contributed by atoms with Crippen molar-refractivity contribution in [2.45, 2.75) is 32.8 Å². The van der Waals surface area contributed by atoms with Gasteiger partial charge in [-0.1, -0.05) is 48.0 Å². The maximum absolute atomic E-state index is 5.71. The third kappa shape index (κ3) is 9.99. The van der Waals surface area contributed by atoms with E-state index >= 15 is 0 Å². The van der Waals surface area contributed by atoms with Crippen LogP contribution >= 0.6 is 24.0 Å². The van der Waals surface area contributed by atoms with Gasteiger partial charge in [-0.2, -0.15) is 0 Å². The highest BCUT2D eigenvalue weighted by molar-refractivity contribution is 14.0. The van der Waals surface area contributed by atoms with E-state index in [1.165, 1.54) is 16.7 Å². The Balaban J connectivity index is 0.00000420. The Morgan fingerprint density at radius 3 is 2.48 bits per heavy atom. The highest BCUT2D eigenvalue weighted by Crippen LogP contribution is 2.19. The summed E-state index contributed by atoms with van der Waals surface area (Å²) in [6.45, 7) is 5.23. The van der Waals surface area contributed by atoms with Crippen LogP contribution in [0.1, 0.15) is 29.5 Å². The van der Waals surface area contributed by atoms with E-state index < -0.39 is 0 Å².